The average Bonchev–Trinajstić information content (AvgIpc) is 2.82. The molecule has 2 unspecified atom stereocenters. The van der Waals surface area contributed by atoms with E-state index in [4.69, 9.17) is 0 Å². The lowest BCUT2D eigenvalue weighted by Crippen LogP contribution is -2.27. The summed E-state index contributed by atoms with van der Waals surface area (Å²) in [6.45, 7) is 3.90. The predicted molar refractivity (Wildman–Crippen MR) is 85.1 cm³/mol. The maximum atomic E-state index is 12.1. The van der Waals surface area contributed by atoms with Gasteiger partial charge in [0.15, 0.2) is 0 Å². The van der Waals surface area contributed by atoms with Gasteiger partial charge in [-0.3, -0.25) is 4.79 Å². The predicted octanol–water partition coefficient (Wildman–Crippen LogP) is 3.28. The molecule has 0 bridgehead atoms. The third-order valence-electron chi connectivity index (χ3n) is 3.51. The molecule has 0 aromatic carbocycles. The summed E-state index contributed by atoms with van der Waals surface area (Å²) in [6, 6.07) is 0.523. The summed E-state index contributed by atoms with van der Waals surface area (Å²) in [7, 11) is 0. The second-order valence-corrected chi connectivity index (χ2v) is 7.16. The third kappa shape index (κ3) is 3.34. The van der Waals surface area contributed by atoms with Gasteiger partial charge in [0.25, 0.3) is 5.56 Å². The molecule has 1 saturated carbocycles. The first-order chi connectivity index (χ1) is 9.02. The second kappa shape index (κ2) is 6.31. The standard InChI is InChI=1S/C13H20BrN3OS/c1-8(2)17-13(18)12(14)11(7-15-17)16-9-4-5-10(6-9)19-3/h7-10,16H,4-6H2,1-3H3. The lowest BCUT2D eigenvalue weighted by Gasteiger charge is -2.16. The minimum atomic E-state index is -0.0700. The summed E-state index contributed by atoms with van der Waals surface area (Å²) < 4.78 is 2.08. The Morgan fingerprint density at radius 1 is 1.53 bits per heavy atom. The zero-order valence-electron chi connectivity index (χ0n) is 11.5. The summed E-state index contributed by atoms with van der Waals surface area (Å²) in [6.07, 6.45) is 7.46. The van der Waals surface area contributed by atoms with Crippen LogP contribution >= 0.6 is 27.7 Å². The third-order valence-corrected chi connectivity index (χ3v) is 5.37. The SMILES string of the molecule is CSC1CCC(Nc2cnn(C(C)C)c(=O)c2Br)C1. The van der Waals surface area contributed by atoms with E-state index in [-0.39, 0.29) is 11.6 Å². The summed E-state index contributed by atoms with van der Waals surface area (Å²) in [5.41, 5.74) is 0.744. The van der Waals surface area contributed by atoms with Gasteiger partial charge in [0.1, 0.15) is 4.47 Å². The molecule has 1 aromatic rings. The molecule has 19 heavy (non-hydrogen) atoms. The van der Waals surface area contributed by atoms with Crippen LogP contribution < -0.4 is 10.9 Å². The topological polar surface area (TPSA) is 46.9 Å². The molecule has 2 atom stereocenters. The van der Waals surface area contributed by atoms with E-state index in [2.05, 4.69) is 32.6 Å². The van der Waals surface area contributed by atoms with Crippen LogP contribution in [0.5, 0.6) is 0 Å². The summed E-state index contributed by atoms with van der Waals surface area (Å²) in [4.78, 5) is 12.1. The van der Waals surface area contributed by atoms with E-state index in [1.165, 1.54) is 11.1 Å². The summed E-state index contributed by atoms with van der Waals surface area (Å²) in [5.74, 6) is 0. The molecular weight excluding hydrogens is 326 g/mol. The van der Waals surface area contributed by atoms with Crippen molar-refractivity contribution in [3.8, 4) is 0 Å². The maximum absolute atomic E-state index is 12.1. The van der Waals surface area contributed by atoms with Crippen LogP contribution in [-0.2, 0) is 0 Å². The van der Waals surface area contributed by atoms with E-state index in [0.29, 0.717) is 10.5 Å². The van der Waals surface area contributed by atoms with Gasteiger partial charge in [-0.25, -0.2) is 4.68 Å². The van der Waals surface area contributed by atoms with Gasteiger partial charge < -0.3 is 5.32 Å². The smallest absolute Gasteiger partial charge is 0.283 e. The first-order valence-corrected chi connectivity index (χ1v) is 8.67. The van der Waals surface area contributed by atoms with Gasteiger partial charge in [-0.2, -0.15) is 16.9 Å². The number of rotatable bonds is 4. The Bertz CT molecular complexity index is 503. The van der Waals surface area contributed by atoms with E-state index in [1.54, 1.807) is 6.20 Å². The molecule has 2 rings (SSSR count). The van der Waals surface area contributed by atoms with Crippen molar-refractivity contribution >= 4 is 33.4 Å². The van der Waals surface area contributed by atoms with Crippen LogP contribution in [-0.4, -0.2) is 27.3 Å². The Balaban J connectivity index is 2.14. The van der Waals surface area contributed by atoms with E-state index in [0.717, 1.165) is 23.8 Å². The molecule has 0 aliphatic heterocycles. The quantitative estimate of drug-likeness (QED) is 0.909. The van der Waals surface area contributed by atoms with E-state index in [9.17, 15) is 4.79 Å². The molecular formula is C13H20BrN3OS. The number of hydrogen-bond donors (Lipinski definition) is 1. The number of hydrogen-bond acceptors (Lipinski definition) is 4. The number of nitrogens with zero attached hydrogens (tertiary/aromatic N) is 2. The first-order valence-electron chi connectivity index (χ1n) is 6.59. The minimum Gasteiger partial charge on any atom is -0.380 e. The molecule has 0 spiro atoms. The van der Waals surface area contributed by atoms with Crippen molar-refractivity contribution in [3.05, 3.63) is 21.0 Å². The Morgan fingerprint density at radius 3 is 2.84 bits per heavy atom. The van der Waals surface area contributed by atoms with Crippen LogP contribution in [0.25, 0.3) is 0 Å². The fourth-order valence-electron chi connectivity index (χ4n) is 2.42. The first kappa shape index (κ1) is 14.9. The Labute approximate surface area is 126 Å². The molecule has 0 amide bonds. The summed E-state index contributed by atoms with van der Waals surface area (Å²) >= 11 is 5.33. The van der Waals surface area contributed by atoms with Crippen molar-refractivity contribution in [2.24, 2.45) is 0 Å². The molecule has 1 N–H and O–H groups in total. The van der Waals surface area contributed by atoms with Crippen LogP contribution in [0.1, 0.15) is 39.2 Å². The van der Waals surface area contributed by atoms with Gasteiger partial charge in [-0.15, -0.1) is 0 Å². The second-order valence-electron chi connectivity index (χ2n) is 5.23. The largest absolute Gasteiger partial charge is 0.380 e. The average molecular weight is 346 g/mol. The Hall–Kier alpha value is -0.490. The molecule has 106 valence electrons. The van der Waals surface area contributed by atoms with E-state index >= 15 is 0 Å². The number of anilines is 1. The number of thioether (sulfide) groups is 1. The van der Waals surface area contributed by atoms with Crippen LogP contribution in [0.2, 0.25) is 0 Å². The monoisotopic (exact) mass is 345 g/mol. The van der Waals surface area contributed by atoms with Crippen molar-refractivity contribution in [1.82, 2.24) is 9.78 Å². The summed E-state index contributed by atoms with van der Waals surface area (Å²) in [5, 5.41) is 8.41. The van der Waals surface area contributed by atoms with Gasteiger partial charge in [0.2, 0.25) is 0 Å². The van der Waals surface area contributed by atoms with Gasteiger partial charge >= 0.3 is 0 Å². The number of aromatic nitrogens is 2. The zero-order chi connectivity index (χ0) is 14.0. The maximum Gasteiger partial charge on any atom is 0.283 e. The number of halogens is 1. The van der Waals surface area contributed by atoms with Crippen molar-refractivity contribution < 1.29 is 0 Å². The normalized spacial score (nSPS) is 23.0. The molecule has 1 fully saturated rings. The Kier molecular flexibility index (Phi) is 4.95. The number of nitrogens with one attached hydrogen (secondary N) is 1. The van der Waals surface area contributed by atoms with Gasteiger partial charge in [-0.05, 0) is 55.3 Å². The lowest BCUT2D eigenvalue weighted by molar-refractivity contribution is 0.500. The molecule has 1 aliphatic carbocycles. The van der Waals surface area contributed by atoms with Crippen molar-refractivity contribution in [2.45, 2.75) is 50.4 Å². The van der Waals surface area contributed by atoms with Gasteiger partial charge in [0.05, 0.1) is 17.9 Å². The van der Waals surface area contributed by atoms with Crippen LogP contribution in [0.4, 0.5) is 5.69 Å². The van der Waals surface area contributed by atoms with Crippen molar-refractivity contribution in [1.29, 1.82) is 0 Å². The minimum absolute atomic E-state index is 0.0700. The fourth-order valence-corrected chi connectivity index (χ4v) is 3.61. The fraction of sp³-hybridized carbons (Fsp3) is 0.692. The molecule has 1 aromatic heterocycles. The molecule has 0 saturated heterocycles. The molecule has 1 heterocycles. The van der Waals surface area contributed by atoms with Crippen LogP contribution in [0, 0.1) is 0 Å². The highest BCUT2D eigenvalue weighted by Crippen LogP contribution is 2.31. The van der Waals surface area contributed by atoms with E-state index < -0.39 is 0 Å². The van der Waals surface area contributed by atoms with Gasteiger partial charge in [0, 0.05) is 11.3 Å². The molecule has 1 aliphatic rings. The Morgan fingerprint density at radius 2 is 2.26 bits per heavy atom. The molecule has 4 nitrogen and oxygen atoms in total. The molecule has 6 heteroatoms. The molecule has 0 radical (unpaired) electrons. The van der Waals surface area contributed by atoms with Crippen molar-refractivity contribution in [2.75, 3.05) is 11.6 Å². The highest BCUT2D eigenvalue weighted by Gasteiger charge is 2.24. The van der Waals surface area contributed by atoms with Crippen LogP contribution in [0.3, 0.4) is 0 Å². The van der Waals surface area contributed by atoms with E-state index in [1.807, 2.05) is 25.6 Å². The van der Waals surface area contributed by atoms with Crippen molar-refractivity contribution in [3.63, 3.8) is 0 Å². The highest BCUT2D eigenvalue weighted by molar-refractivity contribution is 9.10. The van der Waals surface area contributed by atoms with Gasteiger partial charge in [-0.1, -0.05) is 0 Å². The highest BCUT2D eigenvalue weighted by atomic mass is 79.9. The van der Waals surface area contributed by atoms with Crippen LogP contribution in [0.15, 0.2) is 15.5 Å². The zero-order valence-corrected chi connectivity index (χ0v) is 13.9. The lowest BCUT2D eigenvalue weighted by atomic mass is 10.2.